The number of nitrogens with one attached hydrogen (secondary N) is 3. The highest BCUT2D eigenvalue weighted by Gasteiger charge is 2.34. The third-order valence-electron chi connectivity index (χ3n) is 6.41. The highest BCUT2D eigenvalue weighted by Crippen LogP contribution is 2.40. The van der Waals surface area contributed by atoms with Crippen molar-refractivity contribution in [2.45, 2.75) is 31.3 Å². The van der Waals surface area contributed by atoms with Gasteiger partial charge in [0.1, 0.15) is 0 Å². The van der Waals surface area contributed by atoms with Crippen LogP contribution in [0.4, 0.5) is 35.0 Å². The number of ether oxygens (including phenoxy) is 1. The van der Waals surface area contributed by atoms with Crippen LogP contribution >= 0.6 is 11.6 Å². The van der Waals surface area contributed by atoms with Gasteiger partial charge in [0.25, 0.3) is 15.9 Å². The Labute approximate surface area is 256 Å². The van der Waals surface area contributed by atoms with Gasteiger partial charge in [-0.3, -0.25) is 9.48 Å². The van der Waals surface area contributed by atoms with Crippen molar-refractivity contribution >= 4 is 50.7 Å². The maximum Gasteiger partial charge on any atom is 0.421 e. The number of aromatic nitrogens is 2. The number of alkyl halides is 3. The minimum atomic E-state index is -4.76. The first-order chi connectivity index (χ1) is 20.6. The summed E-state index contributed by atoms with van der Waals surface area (Å²) in [5.74, 6) is -0.710. The Morgan fingerprint density at radius 1 is 0.977 bits per heavy atom. The number of nitrogens with zero attached hydrogens (tertiary/aromatic N) is 2. The highest BCUT2D eigenvalue weighted by atomic mass is 35.5. The number of rotatable bonds is 9. The van der Waals surface area contributed by atoms with Crippen LogP contribution in [-0.2, 0) is 34.4 Å². The molecule has 0 saturated carbocycles. The molecule has 0 radical (unpaired) electrons. The van der Waals surface area contributed by atoms with E-state index in [1.165, 1.54) is 22.9 Å². The van der Waals surface area contributed by atoms with E-state index in [4.69, 9.17) is 16.3 Å². The van der Waals surface area contributed by atoms with E-state index >= 15 is 0 Å². The van der Waals surface area contributed by atoms with Crippen molar-refractivity contribution in [3.63, 3.8) is 0 Å². The summed E-state index contributed by atoms with van der Waals surface area (Å²) in [6.45, 7) is 3.40. The molecular weight excluding hydrogens is 623 g/mol. The first-order valence-electron chi connectivity index (χ1n) is 13.0. The normalized spacial score (nSPS) is 11.6. The SMILES string of the molecule is Cc1ccc(S(=O)(=O)NC(=O)OCCc2ccc(Nc3cc(Cl)c(C(F)(F)F)cc3NC(=O)c3cc(C)n(C)n3)cc2)cc1. The molecule has 1 aromatic heterocycles. The number of carbonyl (C=O) groups excluding carboxylic acids is 2. The zero-order valence-electron chi connectivity index (χ0n) is 23.6. The van der Waals surface area contributed by atoms with Crippen LogP contribution in [-0.4, -0.2) is 36.8 Å². The quantitative estimate of drug-likeness (QED) is 0.192. The standard InChI is InChI=1S/C29H27ClF3N5O5S/c1-17-4-10-21(11-5-17)44(41,42)37-28(40)43-13-12-19-6-8-20(9-7-19)34-25-16-23(30)22(29(31,32)33)15-24(25)35-27(39)26-14-18(2)38(3)36-26/h4-11,14-16,34H,12-13H2,1-3H3,(H,35,39)(H,37,40). The Kier molecular flexibility index (Phi) is 9.54. The average molecular weight is 650 g/mol. The van der Waals surface area contributed by atoms with Crippen molar-refractivity contribution in [2.24, 2.45) is 7.05 Å². The molecule has 0 aliphatic rings. The highest BCUT2D eigenvalue weighted by molar-refractivity contribution is 7.90. The van der Waals surface area contributed by atoms with Crippen molar-refractivity contribution in [1.82, 2.24) is 14.5 Å². The van der Waals surface area contributed by atoms with Gasteiger partial charge in [-0.25, -0.2) is 17.9 Å². The number of aryl methyl sites for hydroxylation is 3. The molecule has 10 nitrogen and oxygen atoms in total. The summed E-state index contributed by atoms with van der Waals surface area (Å²) in [4.78, 5) is 24.7. The van der Waals surface area contributed by atoms with Crippen LogP contribution in [0.2, 0.25) is 5.02 Å². The van der Waals surface area contributed by atoms with Gasteiger partial charge in [0.15, 0.2) is 5.69 Å². The molecule has 15 heteroatoms. The summed E-state index contributed by atoms with van der Waals surface area (Å²) in [5.41, 5.74) is 1.55. The maximum absolute atomic E-state index is 13.6. The minimum Gasteiger partial charge on any atom is -0.448 e. The van der Waals surface area contributed by atoms with Crippen LogP contribution in [0.15, 0.2) is 71.6 Å². The number of anilines is 3. The van der Waals surface area contributed by atoms with Crippen molar-refractivity contribution in [2.75, 3.05) is 17.2 Å². The van der Waals surface area contributed by atoms with Crippen LogP contribution < -0.4 is 15.4 Å². The van der Waals surface area contributed by atoms with E-state index in [9.17, 15) is 31.2 Å². The molecule has 0 atom stereocenters. The molecule has 0 unspecified atom stereocenters. The number of halogens is 4. The molecule has 0 aliphatic carbocycles. The molecule has 0 spiro atoms. The molecule has 4 aromatic rings. The predicted octanol–water partition coefficient (Wildman–Crippen LogP) is 6.36. The second kappa shape index (κ2) is 13.0. The summed E-state index contributed by atoms with van der Waals surface area (Å²) < 4.78 is 73.7. The van der Waals surface area contributed by atoms with Gasteiger partial charge in [-0.05, 0) is 61.9 Å². The van der Waals surface area contributed by atoms with Crippen molar-refractivity contribution in [1.29, 1.82) is 0 Å². The Balaban J connectivity index is 1.41. The Hall–Kier alpha value is -4.56. The summed E-state index contributed by atoms with van der Waals surface area (Å²) in [7, 11) is -2.45. The van der Waals surface area contributed by atoms with Crippen LogP contribution in [0.5, 0.6) is 0 Å². The van der Waals surface area contributed by atoms with Crippen molar-refractivity contribution in [3.05, 3.63) is 99.8 Å². The Bertz CT molecular complexity index is 1770. The van der Waals surface area contributed by atoms with E-state index in [1.54, 1.807) is 57.3 Å². The lowest BCUT2D eigenvalue weighted by atomic mass is 10.1. The second-order valence-electron chi connectivity index (χ2n) is 9.75. The van der Waals surface area contributed by atoms with Gasteiger partial charge in [0, 0.05) is 24.8 Å². The first kappa shape index (κ1) is 32.4. The van der Waals surface area contributed by atoms with E-state index in [-0.39, 0.29) is 35.0 Å². The molecule has 2 amide bonds. The fraction of sp³-hybridized carbons (Fsp3) is 0.207. The predicted molar refractivity (Wildman–Crippen MR) is 159 cm³/mol. The summed E-state index contributed by atoms with van der Waals surface area (Å²) >= 11 is 5.95. The van der Waals surface area contributed by atoms with E-state index in [0.29, 0.717) is 16.9 Å². The largest absolute Gasteiger partial charge is 0.448 e. The molecule has 3 aromatic carbocycles. The zero-order chi connectivity index (χ0) is 32.2. The molecule has 0 fully saturated rings. The van der Waals surface area contributed by atoms with Crippen LogP contribution in [0, 0.1) is 13.8 Å². The van der Waals surface area contributed by atoms with Gasteiger partial charge in [-0.1, -0.05) is 41.4 Å². The van der Waals surface area contributed by atoms with Gasteiger partial charge in [0.05, 0.1) is 33.5 Å². The van der Waals surface area contributed by atoms with Gasteiger partial charge < -0.3 is 15.4 Å². The summed E-state index contributed by atoms with van der Waals surface area (Å²) in [6.07, 6.45) is -5.64. The summed E-state index contributed by atoms with van der Waals surface area (Å²) in [5, 5.41) is 8.92. The molecule has 0 aliphatic heterocycles. The number of benzene rings is 3. The zero-order valence-corrected chi connectivity index (χ0v) is 25.2. The molecular formula is C29H27ClF3N5O5S. The number of carbonyl (C=O) groups is 2. The molecule has 4 rings (SSSR count). The lowest BCUT2D eigenvalue weighted by Gasteiger charge is -2.17. The van der Waals surface area contributed by atoms with Crippen LogP contribution in [0.1, 0.15) is 32.9 Å². The molecule has 1 heterocycles. The molecule has 232 valence electrons. The van der Waals surface area contributed by atoms with E-state index in [2.05, 4.69) is 15.7 Å². The number of hydrogen-bond donors (Lipinski definition) is 3. The average Bonchev–Trinajstić information content (AvgIpc) is 3.28. The lowest BCUT2D eigenvalue weighted by Crippen LogP contribution is -2.31. The van der Waals surface area contributed by atoms with E-state index in [0.717, 1.165) is 17.7 Å². The van der Waals surface area contributed by atoms with Crippen LogP contribution in [0.25, 0.3) is 0 Å². The van der Waals surface area contributed by atoms with Crippen molar-refractivity contribution in [3.8, 4) is 0 Å². The minimum absolute atomic E-state index is 0.0208. The van der Waals surface area contributed by atoms with Gasteiger partial charge >= 0.3 is 12.3 Å². The lowest BCUT2D eigenvalue weighted by molar-refractivity contribution is -0.137. The van der Waals surface area contributed by atoms with Gasteiger partial charge in [0.2, 0.25) is 0 Å². The number of hydrogen-bond acceptors (Lipinski definition) is 7. The molecule has 3 N–H and O–H groups in total. The summed E-state index contributed by atoms with van der Waals surface area (Å²) in [6, 6.07) is 15.8. The van der Waals surface area contributed by atoms with E-state index < -0.39 is 38.8 Å². The first-order valence-corrected chi connectivity index (χ1v) is 14.8. The Morgan fingerprint density at radius 2 is 1.64 bits per heavy atom. The maximum atomic E-state index is 13.6. The van der Waals surface area contributed by atoms with Gasteiger partial charge in [-0.2, -0.15) is 18.3 Å². The molecule has 44 heavy (non-hydrogen) atoms. The van der Waals surface area contributed by atoms with Crippen molar-refractivity contribution < 1.29 is 35.9 Å². The number of amides is 2. The Morgan fingerprint density at radius 3 is 2.23 bits per heavy atom. The van der Waals surface area contributed by atoms with Gasteiger partial charge in [-0.15, -0.1) is 0 Å². The number of sulfonamides is 1. The second-order valence-corrected chi connectivity index (χ2v) is 11.8. The fourth-order valence-corrected chi connectivity index (χ4v) is 5.10. The van der Waals surface area contributed by atoms with Crippen LogP contribution in [0.3, 0.4) is 0 Å². The third-order valence-corrected chi connectivity index (χ3v) is 8.05. The fourth-order valence-electron chi connectivity index (χ4n) is 3.94. The third kappa shape index (κ3) is 8.08. The molecule has 0 saturated heterocycles. The topological polar surface area (TPSA) is 131 Å². The smallest absolute Gasteiger partial charge is 0.421 e. The molecule has 0 bridgehead atoms. The monoisotopic (exact) mass is 649 g/mol. The van der Waals surface area contributed by atoms with E-state index in [1.807, 2.05) is 4.72 Å².